The quantitative estimate of drug-likeness (QED) is 0.512. The number of urea groups is 1. The van der Waals surface area contributed by atoms with Gasteiger partial charge in [0, 0.05) is 24.1 Å². The number of ketones is 1. The first-order valence-corrected chi connectivity index (χ1v) is 10.9. The molecule has 5 nitrogen and oxygen atoms in total. The van der Waals surface area contributed by atoms with Crippen LogP contribution >= 0.6 is 0 Å². The second-order valence-electron chi connectivity index (χ2n) is 8.42. The largest absolute Gasteiger partial charge is 0.338 e. The van der Waals surface area contributed by atoms with Crippen molar-refractivity contribution in [1.82, 2.24) is 15.5 Å². The summed E-state index contributed by atoms with van der Waals surface area (Å²) in [5, 5.41) is 6.07. The van der Waals surface area contributed by atoms with E-state index in [1.165, 1.54) is 5.56 Å². The standard InChI is InChI=1S/C25H33N3O2/c1-28(2)17-9-16-26-25(30)27-23-18-21(19-10-5-3-6-11-19)14-15-22(23)24(29)20-12-7-4-8-13-20/h3-8,10-13,21-23H,9,14-18H2,1-2H3,(H2,26,27,30)/t21?,22-,23-/m1/s1. The summed E-state index contributed by atoms with van der Waals surface area (Å²) in [5.41, 5.74) is 2.00. The molecule has 1 fully saturated rings. The average Bonchev–Trinajstić information content (AvgIpc) is 2.77. The third kappa shape index (κ3) is 6.17. The molecule has 0 aliphatic heterocycles. The van der Waals surface area contributed by atoms with Crippen molar-refractivity contribution in [2.45, 2.75) is 37.6 Å². The highest BCUT2D eigenvalue weighted by Crippen LogP contribution is 2.37. The van der Waals surface area contributed by atoms with E-state index in [9.17, 15) is 9.59 Å². The van der Waals surface area contributed by atoms with Crippen molar-refractivity contribution in [2.75, 3.05) is 27.2 Å². The molecule has 0 heterocycles. The summed E-state index contributed by atoms with van der Waals surface area (Å²) in [6.45, 7) is 1.55. The molecule has 1 unspecified atom stereocenters. The molecule has 160 valence electrons. The fraction of sp³-hybridized carbons (Fsp3) is 0.440. The highest BCUT2D eigenvalue weighted by atomic mass is 16.2. The minimum absolute atomic E-state index is 0.125. The van der Waals surface area contributed by atoms with Crippen molar-refractivity contribution in [2.24, 2.45) is 5.92 Å². The normalized spacial score (nSPS) is 21.2. The van der Waals surface area contributed by atoms with Crippen LogP contribution in [0.2, 0.25) is 0 Å². The Balaban J connectivity index is 1.68. The SMILES string of the molecule is CN(C)CCCNC(=O)N[C@@H]1CC(c2ccccc2)CC[C@H]1C(=O)c1ccccc1. The number of carbonyl (C=O) groups excluding carboxylic acids is 2. The highest BCUT2D eigenvalue weighted by Gasteiger charge is 2.36. The zero-order chi connectivity index (χ0) is 21.3. The molecule has 2 aromatic carbocycles. The van der Waals surface area contributed by atoms with E-state index in [-0.39, 0.29) is 23.8 Å². The summed E-state index contributed by atoms with van der Waals surface area (Å²) < 4.78 is 0. The summed E-state index contributed by atoms with van der Waals surface area (Å²) in [4.78, 5) is 27.8. The molecule has 0 saturated heterocycles. The summed E-state index contributed by atoms with van der Waals surface area (Å²) in [5.74, 6) is 0.282. The molecule has 0 aromatic heterocycles. The molecule has 3 rings (SSSR count). The van der Waals surface area contributed by atoms with Gasteiger partial charge in [0.05, 0.1) is 0 Å². The van der Waals surface area contributed by atoms with Crippen LogP contribution in [-0.2, 0) is 0 Å². The van der Waals surface area contributed by atoms with Crippen molar-refractivity contribution in [3.05, 3.63) is 71.8 Å². The third-order valence-electron chi connectivity index (χ3n) is 5.90. The Morgan fingerprint density at radius 3 is 2.30 bits per heavy atom. The molecular formula is C25H33N3O2. The molecule has 1 aliphatic rings. The first kappa shape index (κ1) is 22.0. The summed E-state index contributed by atoms with van der Waals surface area (Å²) in [6, 6.07) is 19.5. The van der Waals surface area contributed by atoms with Gasteiger partial charge >= 0.3 is 6.03 Å². The molecule has 2 aromatic rings. The number of hydrogen-bond donors (Lipinski definition) is 2. The fourth-order valence-electron chi connectivity index (χ4n) is 4.30. The van der Waals surface area contributed by atoms with Crippen LogP contribution in [0.1, 0.15) is 47.5 Å². The minimum atomic E-state index is -0.195. The molecular weight excluding hydrogens is 374 g/mol. The molecule has 3 atom stereocenters. The summed E-state index contributed by atoms with van der Waals surface area (Å²) in [7, 11) is 4.04. The van der Waals surface area contributed by atoms with Crippen molar-refractivity contribution >= 4 is 11.8 Å². The lowest BCUT2D eigenvalue weighted by Crippen LogP contribution is -2.50. The van der Waals surface area contributed by atoms with Gasteiger partial charge in [-0.1, -0.05) is 60.7 Å². The van der Waals surface area contributed by atoms with Gasteiger partial charge in [-0.3, -0.25) is 4.79 Å². The Morgan fingerprint density at radius 1 is 0.967 bits per heavy atom. The van der Waals surface area contributed by atoms with E-state index in [0.717, 1.165) is 37.8 Å². The van der Waals surface area contributed by atoms with Gasteiger partial charge in [-0.05, 0) is 57.8 Å². The van der Waals surface area contributed by atoms with E-state index >= 15 is 0 Å². The van der Waals surface area contributed by atoms with Gasteiger partial charge < -0.3 is 15.5 Å². The van der Waals surface area contributed by atoms with Crippen LogP contribution in [0.15, 0.2) is 60.7 Å². The van der Waals surface area contributed by atoms with Crippen LogP contribution in [0.4, 0.5) is 4.79 Å². The zero-order valence-corrected chi connectivity index (χ0v) is 18.0. The average molecular weight is 408 g/mol. The third-order valence-corrected chi connectivity index (χ3v) is 5.90. The first-order chi connectivity index (χ1) is 14.5. The Labute approximate surface area is 179 Å². The molecule has 2 amide bonds. The second kappa shape index (κ2) is 10.9. The molecule has 1 saturated carbocycles. The maximum absolute atomic E-state index is 13.2. The summed E-state index contributed by atoms with van der Waals surface area (Å²) in [6.07, 6.45) is 3.40. The highest BCUT2D eigenvalue weighted by molar-refractivity contribution is 5.98. The number of nitrogens with one attached hydrogen (secondary N) is 2. The number of carbonyl (C=O) groups is 2. The lowest BCUT2D eigenvalue weighted by molar-refractivity contribution is 0.0848. The van der Waals surface area contributed by atoms with Gasteiger partial charge in [0.25, 0.3) is 0 Å². The van der Waals surface area contributed by atoms with Gasteiger partial charge in [-0.25, -0.2) is 4.79 Å². The number of Topliss-reactive ketones (excluding diaryl/α,β-unsaturated/α-hetero) is 1. The van der Waals surface area contributed by atoms with E-state index in [4.69, 9.17) is 0 Å². The fourth-order valence-corrected chi connectivity index (χ4v) is 4.30. The van der Waals surface area contributed by atoms with Gasteiger partial charge in [-0.15, -0.1) is 0 Å². The van der Waals surface area contributed by atoms with E-state index in [2.05, 4.69) is 39.8 Å². The topological polar surface area (TPSA) is 61.4 Å². The predicted octanol–water partition coefficient (Wildman–Crippen LogP) is 4.07. The van der Waals surface area contributed by atoms with Crippen molar-refractivity contribution in [3.63, 3.8) is 0 Å². The van der Waals surface area contributed by atoms with E-state index in [1.54, 1.807) is 0 Å². The number of benzene rings is 2. The Hall–Kier alpha value is -2.66. The Bertz CT molecular complexity index is 808. The van der Waals surface area contributed by atoms with Gasteiger partial charge in [0.15, 0.2) is 5.78 Å². The van der Waals surface area contributed by atoms with Gasteiger partial charge in [-0.2, -0.15) is 0 Å². The van der Waals surface area contributed by atoms with E-state index in [1.807, 2.05) is 50.5 Å². The second-order valence-corrected chi connectivity index (χ2v) is 8.42. The zero-order valence-electron chi connectivity index (χ0n) is 18.0. The number of rotatable bonds is 8. The van der Waals surface area contributed by atoms with Crippen LogP contribution in [0.3, 0.4) is 0 Å². The van der Waals surface area contributed by atoms with Crippen LogP contribution in [0, 0.1) is 5.92 Å². The van der Waals surface area contributed by atoms with Crippen molar-refractivity contribution in [3.8, 4) is 0 Å². The monoisotopic (exact) mass is 407 g/mol. The number of hydrogen-bond acceptors (Lipinski definition) is 3. The number of amides is 2. The summed E-state index contributed by atoms with van der Waals surface area (Å²) >= 11 is 0. The minimum Gasteiger partial charge on any atom is -0.338 e. The van der Waals surface area contributed by atoms with Gasteiger partial charge in [0.2, 0.25) is 0 Å². The molecule has 0 radical (unpaired) electrons. The lowest BCUT2D eigenvalue weighted by atomic mass is 9.73. The van der Waals surface area contributed by atoms with Gasteiger partial charge in [0.1, 0.15) is 0 Å². The van der Waals surface area contributed by atoms with E-state index < -0.39 is 0 Å². The first-order valence-electron chi connectivity index (χ1n) is 10.9. The van der Waals surface area contributed by atoms with E-state index in [0.29, 0.717) is 12.5 Å². The van der Waals surface area contributed by atoms with Crippen LogP contribution in [0.25, 0.3) is 0 Å². The lowest BCUT2D eigenvalue weighted by Gasteiger charge is -2.36. The maximum Gasteiger partial charge on any atom is 0.315 e. The molecule has 0 spiro atoms. The molecule has 30 heavy (non-hydrogen) atoms. The van der Waals surface area contributed by atoms with Crippen LogP contribution < -0.4 is 10.6 Å². The van der Waals surface area contributed by atoms with Crippen LogP contribution in [-0.4, -0.2) is 49.9 Å². The van der Waals surface area contributed by atoms with Crippen molar-refractivity contribution < 1.29 is 9.59 Å². The molecule has 5 heteroatoms. The smallest absolute Gasteiger partial charge is 0.315 e. The van der Waals surface area contributed by atoms with Crippen molar-refractivity contribution in [1.29, 1.82) is 0 Å². The predicted molar refractivity (Wildman–Crippen MR) is 121 cm³/mol. The molecule has 1 aliphatic carbocycles. The molecule has 0 bridgehead atoms. The Kier molecular flexibility index (Phi) is 8.03. The molecule has 2 N–H and O–H groups in total. The number of nitrogens with zero attached hydrogens (tertiary/aromatic N) is 1. The maximum atomic E-state index is 13.2. The Morgan fingerprint density at radius 2 is 1.63 bits per heavy atom. The van der Waals surface area contributed by atoms with Crippen LogP contribution in [0.5, 0.6) is 0 Å².